The first-order valence-electron chi connectivity index (χ1n) is 9.03. The van der Waals surface area contributed by atoms with Gasteiger partial charge in [0.25, 0.3) is 5.91 Å². The molecule has 2 aromatic carbocycles. The highest BCUT2D eigenvalue weighted by molar-refractivity contribution is 8.00. The van der Waals surface area contributed by atoms with Crippen LogP contribution in [0.5, 0.6) is 5.75 Å². The van der Waals surface area contributed by atoms with E-state index in [1.165, 1.54) is 18.2 Å². The van der Waals surface area contributed by atoms with Crippen LogP contribution in [0.3, 0.4) is 0 Å². The van der Waals surface area contributed by atoms with Crippen molar-refractivity contribution >= 4 is 35.0 Å². The number of benzene rings is 2. The van der Waals surface area contributed by atoms with Crippen molar-refractivity contribution in [3.05, 3.63) is 58.6 Å². The van der Waals surface area contributed by atoms with Gasteiger partial charge in [0.2, 0.25) is 0 Å². The Morgan fingerprint density at radius 1 is 1.17 bits per heavy atom. The summed E-state index contributed by atoms with van der Waals surface area (Å²) in [5, 5.41) is 11.3. The highest BCUT2D eigenvalue weighted by Crippen LogP contribution is 2.37. The van der Waals surface area contributed by atoms with Gasteiger partial charge in [-0.05, 0) is 24.6 Å². The number of rotatable bonds is 6. The molecule has 1 atom stereocenters. The Hall–Kier alpha value is -3.07. The number of anilines is 1. The van der Waals surface area contributed by atoms with E-state index >= 15 is 0 Å². The number of amides is 1. The minimum atomic E-state index is -0.776. The van der Waals surface area contributed by atoms with Gasteiger partial charge in [0.1, 0.15) is 0 Å². The van der Waals surface area contributed by atoms with Gasteiger partial charge in [0.05, 0.1) is 10.6 Å². The molecule has 0 fully saturated rings. The zero-order valence-electron chi connectivity index (χ0n) is 15.8. The van der Waals surface area contributed by atoms with Crippen molar-refractivity contribution in [3.8, 4) is 5.75 Å². The maximum Gasteiger partial charge on any atom is 0.344 e. The number of nitro benzene ring substituents is 1. The molecule has 1 unspecified atom stereocenters. The minimum absolute atomic E-state index is 0.0340. The van der Waals surface area contributed by atoms with Crippen LogP contribution in [0.25, 0.3) is 0 Å². The van der Waals surface area contributed by atoms with E-state index in [1.807, 2.05) is 24.3 Å². The van der Waals surface area contributed by atoms with Crippen LogP contribution in [0.2, 0.25) is 0 Å². The third-order valence-electron chi connectivity index (χ3n) is 4.31. The molecule has 1 heterocycles. The number of hydrogen-bond donors (Lipinski definition) is 0. The zero-order valence-corrected chi connectivity index (χ0v) is 16.6. The van der Waals surface area contributed by atoms with Crippen LogP contribution in [-0.2, 0) is 14.3 Å². The monoisotopic (exact) mass is 416 g/mol. The fourth-order valence-corrected chi connectivity index (χ4v) is 3.99. The van der Waals surface area contributed by atoms with Crippen LogP contribution in [0, 0.1) is 10.1 Å². The Bertz CT molecular complexity index is 919. The SMILES string of the molecule is CC1CCN(C(=O)COC(=O)COc2ccccc2[N+](=O)[O-])c2ccccc2S1. The third kappa shape index (κ3) is 5.26. The molecule has 29 heavy (non-hydrogen) atoms. The number of esters is 1. The molecule has 0 aromatic heterocycles. The molecule has 0 saturated heterocycles. The number of para-hydroxylation sites is 3. The summed E-state index contributed by atoms with van der Waals surface area (Å²) in [6, 6.07) is 13.4. The van der Waals surface area contributed by atoms with Crippen LogP contribution >= 0.6 is 11.8 Å². The lowest BCUT2D eigenvalue weighted by atomic mass is 10.2. The second-order valence-corrected chi connectivity index (χ2v) is 7.88. The van der Waals surface area contributed by atoms with Crippen LogP contribution < -0.4 is 9.64 Å². The molecule has 0 spiro atoms. The van der Waals surface area contributed by atoms with Gasteiger partial charge in [0.15, 0.2) is 19.0 Å². The molecular formula is C20H20N2O6S. The van der Waals surface area contributed by atoms with Gasteiger partial charge in [0, 0.05) is 22.8 Å². The molecule has 3 rings (SSSR count). The maximum absolute atomic E-state index is 12.7. The Balaban J connectivity index is 1.57. The van der Waals surface area contributed by atoms with Gasteiger partial charge < -0.3 is 14.4 Å². The first-order chi connectivity index (χ1) is 14.0. The van der Waals surface area contributed by atoms with Crippen molar-refractivity contribution in [3.63, 3.8) is 0 Å². The number of carbonyl (C=O) groups excluding carboxylic acids is 2. The summed E-state index contributed by atoms with van der Waals surface area (Å²) in [6.07, 6.45) is 0.819. The highest BCUT2D eigenvalue weighted by atomic mass is 32.2. The summed E-state index contributed by atoms with van der Waals surface area (Å²) in [7, 11) is 0. The van der Waals surface area contributed by atoms with Gasteiger partial charge in [-0.1, -0.05) is 31.2 Å². The number of nitro groups is 1. The molecular weight excluding hydrogens is 396 g/mol. The first-order valence-corrected chi connectivity index (χ1v) is 9.91. The molecule has 0 N–H and O–H groups in total. The Labute approximate surface area is 171 Å². The lowest BCUT2D eigenvalue weighted by Crippen LogP contribution is -2.36. The van der Waals surface area contributed by atoms with Crippen LogP contribution in [0.1, 0.15) is 13.3 Å². The normalized spacial score (nSPS) is 15.8. The molecule has 2 aromatic rings. The smallest absolute Gasteiger partial charge is 0.344 e. The molecule has 9 heteroatoms. The summed E-state index contributed by atoms with van der Waals surface area (Å²) in [4.78, 5) is 37.6. The zero-order chi connectivity index (χ0) is 20.8. The van der Waals surface area contributed by atoms with Gasteiger partial charge in [-0.25, -0.2) is 4.79 Å². The summed E-state index contributed by atoms with van der Waals surface area (Å²) in [6.45, 7) is 1.69. The predicted molar refractivity (Wildman–Crippen MR) is 108 cm³/mol. The van der Waals surface area contributed by atoms with E-state index in [9.17, 15) is 19.7 Å². The number of ether oxygens (including phenoxy) is 2. The van der Waals surface area contributed by atoms with Crippen LogP contribution in [0.4, 0.5) is 11.4 Å². The van der Waals surface area contributed by atoms with Gasteiger partial charge in [-0.15, -0.1) is 11.8 Å². The number of thioether (sulfide) groups is 1. The van der Waals surface area contributed by atoms with E-state index in [0.29, 0.717) is 11.8 Å². The molecule has 0 aliphatic carbocycles. The van der Waals surface area contributed by atoms with Crippen LogP contribution in [0.15, 0.2) is 53.4 Å². The van der Waals surface area contributed by atoms with Crippen molar-refractivity contribution in [1.82, 2.24) is 0 Å². The Kier molecular flexibility index (Phi) is 6.71. The molecule has 0 bridgehead atoms. The van der Waals surface area contributed by atoms with Gasteiger partial charge >= 0.3 is 11.7 Å². The highest BCUT2D eigenvalue weighted by Gasteiger charge is 2.25. The summed E-state index contributed by atoms with van der Waals surface area (Å²) in [5.74, 6) is -1.14. The van der Waals surface area contributed by atoms with E-state index in [2.05, 4.69) is 6.92 Å². The number of hydrogen-bond acceptors (Lipinski definition) is 7. The van der Waals surface area contributed by atoms with Crippen molar-refractivity contribution in [2.75, 3.05) is 24.7 Å². The number of nitrogens with zero attached hydrogens (tertiary/aromatic N) is 2. The summed E-state index contributed by atoms with van der Waals surface area (Å²) < 4.78 is 10.2. The van der Waals surface area contributed by atoms with Gasteiger partial charge in [-0.2, -0.15) is 0 Å². The average Bonchev–Trinajstić information content (AvgIpc) is 2.88. The molecule has 152 valence electrons. The molecule has 8 nitrogen and oxygen atoms in total. The molecule has 0 saturated carbocycles. The molecule has 1 amide bonds. The second kappa shape index (κ2) is 9.42. The average molecular weight is 416 g/mol. The van der Waals surface area contributed by atoms with Crippen LogP contribution in [-0.4, -0.2) is 41.8 Å². The molecule has 1 aliphatic rings. The second-order valence-electron chi connectivity index (χ2n) is 6.40. The standard InChI is InChI=1S/C20H20N2O6S/c1-14-10-11-21(16-7-3-5-9-18(16)29-14)19(23)12-28-20(24)13-27-17-8-4-2-6-15(17)22(25)26/h2-9,14H,10-13H2,1H3. The number of carbonyl (C=O) groups is 2. The topological polar surface area (TPSA) is 99.0 Å². The van der Waals surface area contributed by atoms with E-state index in [4.69, 9.17) is 9.47 Å². The third-order valence-corrected chi connectivity index (χ3v) is 5.55. The molecule has 0 radical (unpaired) electrons. The maximum atomic E-state index is 12.7. The van der Waals surface area contributed by atoms with E-state index < -0.39 is 24.1 Å². The minimum Gasteiger partial charge on any atom is -0.475 e. The lowest BCUT2D eigenvalue weighted by Gasteiger charge is -2.22. The fourth-order valence-electron chi connectivity index (χ4n) is 2.87. The summed E-state index contributed by atoms with van der Waals surface area (Å²) >= 11 is 1.71. The fraction of sp³-hybridized carbons (Fsp3) is 0.300. The van der Waals surface area contributed by atoms with Crippen molar-refractivity contribution in [2.45, 2.75) is 23.5 Å². The quantitative estimate of drug-likeness (QED) is 0.404. The summed E-state index contributed by atoms with van der Waals surface area (Å²) in [5.41, 5.74) is 0.559. The van der Waals surface area contributed by atoms with Gasteiger partial charge in [-0.3, -0.25) is 14.9 Å². The van der Waals surface area contributed by atoms with E-state index in [-0.39, 0.29) is 17.3 Å². The van der Waals surface area contributed by atoms with E-state index in [0.717, 1.165) is 17.0 Å². The Morgan fingerprint density at radius 3 is 2.69 bits per heavy atom. The largest absolute Gasteiger partial charge is 0.475 e. The Morgan fingerprint density at radius 2 is 1.90 bits per heavy atom. The van der Waals surface area contributed by atoms with Crippen molar-refractivity contribution in [2.24, 2.45) is 0 Å². The van der Waals surface area contributed by atoms with Crippen molar-refractivity contribution < 1.29 is 24.0 Å². The first kappa shape index (κ1) is 20.7. The predicted octanol–water partition coefficient (Wildman–Crippen LogP) is 3.43. The molecule has 1 aliphatic heterocycles. The van der Waals surface area contributed by atoms with E-state index in [1.54, 1.807) is 22.7 Å². The number of fused-ring (bicyclic) bond motifs is 1. The van der Waals surface area contributed by atoms with Crippen molar-refractivity contribution in [1.29, 1.82) is 0 Å². The lowest BCUT2D eigenvalue weighted by molar-refractivity contribution is -0.385.